The topological polar surface area (TPSA) is 58.7 Å². The lowest BCUT2D eigenvalue weighted by Crippen LogP contribution is -2.32. The van der Waals surface area contributed by atoms with Gasteiger partial charge in [0.1, 0.15) is 0 Å². The van der Waals surface area contributed by atoms with Crippen molar-refractivity contribution in [3.05, 3.63) is 33.9 Å². The molecule has 0 saturated carbocycles. The maximum atomic E-state index is 10.8. The summed E-state index contributed by atoms with van der Waals surface area (Å²) in [7, 11) is 0. The molecule has 0 unspecified atom stereocenters. The van der Waals surface area contributed by atoms with Crippen LogP contribution in [0.5, 0.6) is 0 Å². The molecule has 1 fully saturated rings. The van der Waals surface area contributed by atoms with E-state index in [4.69, 9.17) is 4.99 Å². The summed E-state index contributed by atoms with van der Waals surface area (Å²) < 4.78 is 0. The summed E-state index contributed by atoms with van der Waals surface area (Å²) in [5, 5.41) is 11.9. The van der Waals surface area contributed by atoms with Gasteiger partial charge >= 0.3 is 0 Å². The van der Waals surface area contributed by atoms with Gasteiger partial charge in [-0.2, -0.15) is 0 Å². The Hall–Kier alpha value is -1.56. The Morgan fingerprint density at radius 3 is 2.82 bits per heavy atom. The Balaban J connectivity index is 2.29. The molecule has 1 saturated heterocycles. The first kappa shape index (κ1) is 16.8. The van der Waals surface area contributed by atoms with Crippen LogP contribution in [0.2, 0.25) is 0 Å². The number of hydrogen-bond donors (Lipinski definition) is 0. The molecule has 1 aromatic carbocycles. The van der Waals surface area contributed by atoms with Crippen LogP contribution in [0.4, 0.5) is 11.4 Å². The second-order valence-electron chi connectivity index (χ2n) is 6.02. The van der Waals surface area contributed by atoms with Crippen LogP contribution in [-0.4, -0.2) is 33.8 Å². The van der Waals surface area contributed by atoms with E-state index in [-0.39, 0.29) is 10.6 Å². The van der Waals surface area contributed by atoms with Crippen LogP contribution < -0.4 is 0 Å². The van der Waals surface area contributed by atoms with Gasteiger partial charge in [0.05, 0.1) is 10.6 Å². The monoisotopic (exact) mass is 321 g/mol. The van der Waals surface area contributed by atoms with E-state index in [9.17, 15) is 10.1 Å². The van der Waals surface area contributed by atoms with E-state index < -0.39 is 0 Å². The molecule has 22 heavy (non-hydrogen) atoms. The molecular weight excluding hydrogens is 298 g/mol. The second-order valence-corrected chi connectivity index (χ2v) is 7.08. The van der Waals surface area contributed by atoms with Gasteiger partial charge in [-0.3, -0.25) is 10.1 Å². The molecule has 2 rings (SSSR count). The normalized spacial score (nSPS) is 17.8. The number of aliphatic imine (C=N–C) groups is 1. The number of benzene rings is 1. The number of non-ortho nitro benzene ring substituents is 1. The molecule has 0 radical (unpaired) electrons. The molecular formula is C16H23N3O2S. The van der Waals surface area contributed by atoms with Gasteiger partial charge in [-0.15, -0.1) is 0 Å². The summed E-state index contributed by atoms with van der Waals surface area (Å²) in [6, 6.07) is 4.87. The van der Waals surface area contributed by atoms with E-state index in [1.165, 1.54) is 18.9 Å². The highest BCUT2D eigenvalue weighted by Crippen LogP contribution is 2.27. The van der Waals surface area contributed by atoms with Crippen LogP contribution in [0.15, 0.2) is 23.2 Å². The fourth-order valence-electron chi connectivity index (χ4n) is 2.45. The van der Waals surface area contributed by atoms with Crippen LogP contribution in [0.3, 0.4) is 0 Å². The molecule has 0 aliphatic carbocycles. The van der Waals surface area contributed by atoms with Crippen LogP contribution in [0.1, 0.15) is 32.3 Å². The van der Waals surface area contributed by atoms with E-state index in [0.717, 1.165) is 35.3 Å². The third kappa shape index (κ3) is 4.47. The SMILES string of the molecule is Cc1cc([N+](=O)[O-])ccc1N=C1SCCCCN1CC(C)C. The molecule has 1 aliphatic heterocycles. The highest BCUT2D eigenvalue weighted by Gasteiger charge is 2.17. The van der Waals surface area contributed by atoms with Crippen LogP contribution >= 0.6 is 11.8 Å². The maximum Gasteiger partial charge on any atom is 0.269 e. The molecule has 120 valence electrons. The van der Waals surface area contributed by atoms with E-state index in [0.29, 0.717) is 5.92 Å². The minimum Gasteiger partial charge on any atom is -0.351 e. The fourth-order valence-corrected chi connectivity index (χ4v) is 3.49. The van der Waals surface area contributed by atoms with Crippen molar-refractivity contribution in [2.45, 2.75) is 33.6 Å². The lowest BCUT2D eigenvalue weighted by molar-refractivity contribution is -0.384. The molecule has 0 aromatic heterocycles. The van der Waals surface area contributed by atoms with Gasteiger partial charge in [-0.25, -0.2) is 4.99 Å². The Kier molecular flexibility index (Phi) is 5.83. The van der Waals surface area contributed by atoms with Crippen molar-refractivity contribution < 1.29 is 4.92 Å². The average Bonchev–Trinajstić information content (AvgIpc) is 2.66. The van der Waals surface area contributed by atoms with Crippen molar-refractivity contribution in [3.63, 3.8) is 0 Å². The molecule has 6 heteroatoms. The second kappa shape index (κ2) is 7.63. The lowest BCUT2D eigenvalue weighted by Gasteiger charge is -2.25. The summed E-state index contributed by atoms with van der Waals surface area (Å²) in [5.41, 5.74) is 1.79. The van der Waals surface area contributed by atoms with Gasteiger partial charge in [0.2, 0.25) is 0 Å². The van der Waals surface area contributed by atoms with Crippen molar-refractivity contribution in [3.8, 4) is 0 Å². The van der Waals surface area contributed by atoms with Gasteiger partial charge < -0.3 is 4.90 Å². The summed E-state index contributed by atoms with van der Waals surface area (Å²) >= 11 is 1.79. The van der Waals surface area contributed by atoms with Crippen molar-refractivity contribution >= 4 is 28.3 Å². The number of hydrogen-bond acceptors (Lipinski definition) is 4. The Labute approximate surface area is 136 Å². The zero-order valence-corrected chi connectivity index (χ0v) is 14.2. The zero-order chi connectivity index (χ0) is 16.1. The Bertz CT molecular complexity index is 573. The van der Waals surface area contributed by atoms with Gasteiger partial charge in [-0.05, 0) is 37.3 Å². The molecule has 0 spiro atoms. The first-order valence-electron chi connectivity index (χ1n) is 7.69. The van der Waals surface area contributed by atoms with Gasteiger partial charge in [0.15, 0.2) is 5.17 Å². The smallest absolute Gasteiger partial charge is 0.269 e. The molecule has 0 atom stereocenters. The number of rotatable bonds is 4. The quantitative estimate of drug-likeness (QED) is 0.610. The summed E-state index contributed by atoms with van der Waals surface area (Å²) in [6.45, 7) is 8.34. The maximum absolute atomic E-state index is 10.8. The summed E-state index contributed by atoms with van der Waals surface area (Å²) in [6.07, 6.45) is 2.40. The van der Waals surface area contributed by atoms with Crippen LogP contribution in [0, 0.1) is 23.0 Å². The molecule has 0 amide bonds. The predicted octanol–water partition coefficient (Wildman–Crippen LogP) is 4.38. The summed E-state index contributed by atoms with van der Waals surface area (Å²) in [4.78, 5) is 17.6. The largest absolute Gasteiger partial charge is 0.351 e. The third-order valence-electron chi connectivity index (χ3n) is 3.52. The highest BCUT2D eigenvalue weighted by molar-refractivity contribution is 8.13. The molecule has 0 N–H and O–H groups in total. The van der Waals surface area contributed by atoms with Gasteiger partial charge in [0, 0.05) is 31.0 Å². The van der Waals surface area contributed by atoms with E-state index in [2.05, 4.69) is 18.7 Å². The molecule has 1 aromatic rings. The predicted molar refractivity (Wildman–Crippen MR) is 93.0 cm³/mol. The zero-order valence-electron chi connectivity index (χ0n) is 13.4. The van der Waals surface area contributed by atoms with Crippen molar-refractivity contribution in [1.82, 2.24) is 4.90 Å². The standard InChI is InChI=1S/C16H23N3O2S/c1-12(2)11-18-8-4-5-9-22-16(18)17-15-7-6-14(19(20)21)10-13(15)3/h6-7,10,12H,4-5,8-9,11H2,1-3H3. The molecule has 1 heterocycles. The number of nitrogens with zero attached hydrogens (tertiary/aromatic N) is 3. The summed E-state index contributed by atoms with van der Waals surface area (Å²) in [5.74, 6) is 1.67. The van der Waals surface area contributed by atoms with Crippen molar-refractivity contribution in [2.24, 2.45) is 10.9 Å². The third-order valence-corrected chi connectivity index (χ3v) is 4.62. The van der Waals surface area contributed by atoms with Crippen LogP contribution in [0.25, 0.3) is 0 Å². The minimum absolute atomic E-state index is 0.119. The molecule has 1 aliphatic rings. The number of amidine groups is 1. The van der Waals surface area contributed by atoms with Gasteiger partial charge in [0.25, 0.3) is 5.69 Å². The number of thioether (sulfide) groups is 1. The number of nitro benzene ring substituents is 1. The average molecular weight is 321 g/mol. The fraction of sp³-hybridized carbons (Fsp3) is 0.562. The first-order chi connectivity index (χ1) is 10.5. The van der Waals surface area contributed by atoms with E-state index >= 15 is 0 Å². The minimum atomic E-state index is -0.366. The molecule has 5 nitrogen and oxygen atoms in total. The molecule has 0 bridgehead atoms. The highest BCUT2D eigenvalue weighted by atomic mass is 32.2. The first-order valence-corrected chi connectivity index (χ1v) is 8.67. The van der Waals surface area contributed by atoms with Crippen molar-refractivity contribution in [2.75, 3.05) is 18.8 Å². The van der Waals surface area contributed by atoms with Crippen LogP contribution in [-0.2, 0) is 0 Å². The Morgan fingerprint density at radius 1 is 1.41 bits per heavy atom. The van der Waals surface area contributed by atoms with Crippen molar-refractivity contribution in [1.29, 1.82) is 0 Å². The number of nitro groups is 1. The lowest BCUT2D eigenvalue weighted by atomic mass is 10.2. The Morgan fingerprint density at radius 2 is 2.18 bits per heavy atom. The number of aryl methyl sites for hydroxylation is 1. The van der Waals surface area contributed by atoms with Gasteiger partial charge in [-0.1, -0.05) is 25.6 Å². The van der Waals surface area contributed by atoms with E-state index in [1.54, 1.807) is 23.9 Å². The van der Waals surface area contributed by atoms with E-state index in [1.807, 2.05) is 6.92 Å².